The van der Waals surface area contributed by atoms with Crippen LogP contribution in [-0.2, 0) is 14.3 Å². The molecule has 0 radical (unpaired) electrons. The number of carboxylic acids is 1. The summed E-state index contributed by atoms with van der Waals surface area (Å²) in [6, 6.07) is 0.0450. The molecule has 1 aliphatic rings. The van der Waals surface area contributed by atoms with E-state index in [1.165, 1.54) is 0 Å². The van der Waals surface area contributed by atoms with Gasteiger partial charge in [-0.2, -0.15) is 0 Å². The summed E-state index contributed by atoms with van der Waals surface area (Å²) in [4.78, 5) is 12.8. The molecule has 2 N–H and O–H groups in total. The van der Waals surface area contributed by atoms with Crippen LogP contribution >= 0.6 is 0 Å². The molecule has 0 aromatic carbocycles. The van der Waals surface area contributed by atoms with Crippen molar-refractivity contribution in [2.45, 2.75) is 44.4 Å². The molecule has 0 bridgehead atoms. The summed E-state index contributed by atoms with van der Waals surface area (Å²) in [6.07, 6.45) is 1.39. The number of methoxy groups -OCH3 is 1. The number of ether oxygens (including phenoxy) is 2. The lowest BCUT2D eigenvalue weighted by molar-refractivity contribution is -0.138. The number of aliphatic hydroxyl groups excluding tert-OH is 1. The number of carboxylic acid groups (broad SMARTS) is 1. The van der Waals surface area contributed by atoms with Crippen LogP contribution in [0.25, 0.3) is 0 Å². The molecule has 1 heterocycles. The zero-order valence-corrected chi connectivity index (χ0v) is 11.7. The van der Waals surface area contributed by atoms with Gasteiger partial charge in [0.05, 0.1) is 31.8 Å². The fourth-order valence-corrected chi connectivity index (χ4v) is 2.45. The largest absolute Gasteiger partial charge is 0.481 e. The first-order valence-corrected chi connectivity index (χ1v) is 6.77. The van der Waals surface area contributed by atoms with E-state index in [9.17, 15) is 9.90 Å². The Labute approximate surface area is 114 Å². The summed E-state index contributed by atoms with van der Waals surface area (Å²) in [7, 11) is 1.61. The maximum atomic E-state index is 10.7. The second-order valence-corrected chi connectivity index (χ2v) is 5.14. The topological polar surface area (TPSA) is 79.2 Å². The normalized spacial score (nSPS) is 23.4. The van der Waals surface area contributed by atoms with E-state index >= 15 is 0 Å². The van der Waals surface area contributed by atoms with Crippen molar-refractivity contribution in [2.24, 2.45) is 0 Å². The van der Waals surface area contributed by atoms with Gasteiger partial charge < -0.3 is 19.7 Å². The predicted octanol–water partition coefficient (Wildman–Crippen LogP) is 0.338. The molecule has 3 unspecified atom stereocenters. The summed E-state index contributed by atoms with van der Waals surface area (Å²) in [5, 5.41) is 18.8. The number of aliphatic carboxylic acids is 1. The molecule has 1 saturated heterocycles. The number of carbonyl (C=O) groups is 1. The predicted molar refractivity (Wildman–Crippen MR) is 70.1 cm³/mol. The van der Waals surface area contributed by atoms with E-state index < -0.39 is 12.1 Å². The van der Waals surface area contributed by atoms with Crippen LogP contribution in [0.1, 0.15) is 26.2 Å². The van der Waals surface area contributed by atoms with Gasteiger partial charge in [-0.3, -0.25) is 9.69 Å². The van der Waals surface area contributed by atoms with Crippen LogP contribution in [0.4, 0.5) is 0 Å². The fraction of sp³-hybridized carbons (Fsp3) is 0.923. The van der Waals surface area contributed by atoms with E-state index in [1.54, 1.807) is 7.11 Å². The molecular weight excluding hydrogens is 250 g/mol. The van der Waals surface area contributed by atoms with Crippen molar-refractivity contribution in [3.05, 3.63) is 0 Å². The summed E-state index contributed by atoms with van der Waals surface area (Å²) in [6.45, 7) is 3.96. The molecule has 0 amide bonds. The Hall–Kier alpha value is -0.690. The van der Waals surface area contributed by atoms with Gasteiger partial charge in [-0.1, -0.05) is 0 Å². The second kappa shape index (κ2) is 8.47. The van der Waals surface area contributed by atoms with Crippen molar-refractivity contribution in [3.63, 3.8) is 0 Å². The minimum Gasteiger partial charge on any atom is -0.481 e. The lowest BCUT2D eigenvalue weighted by Crippen LogP contribution is -2.39. The fourth-order valence-electron chi connectivity index (χ4n) is 2.45. The van der Waals surface area contributed by atoms with Crippen LogP contribution in [0.15, 0.2) is 0 Å². The number of hydrogen-bond donors (Lipinski definition) is 2. The SMILES string of the molecule is COCC(C)OCC(O)CN1CCCC1CC(=O)O. The van der Waals surface area contributed by atoms with Crippen molar-refractivity contribution < 1.29 is 24.5 Å². The van der Waals surface area contributed by atoms with Gasteiger partial charge in [-0.25, -0.2) is 0 Å². The van der Waals surface area contributed by atoms with Crippen molar-refractivity contribution in [3.8, 4) is 0 Å². The number of β-amino-alcohol motifs (C(OH)–C–C–N with tert-alkyl or cyclic N) is 1. The third kappa shape index (κ3) is 6.33. The molecule has 0 spiro atoms. The van der Waals surface area contributed by atoms with Gasteiger partial charge in [0.25, 0.3) is 0 Å². The lowest BCUT2D eigenvalue weighted by atomic mass is 10.1. The standard InChI is InChI=1S/C13H25NO5/c1-10(8-18-2)19-9-12(15)7-14-5-3-4-11(14)6-13(16)17/h10-12,15H,3-9H2,1-2H3,(H,16,17). The summed E-state index contributed by atoms with van der Waals surface area (Å²) < 4.78 is 10.4. The number of nitrogens with zero attached hydrogens (tertiary/aromatic N) is 1. The number of hydrogen-bond acceptors (Lipinski definition) is 5. The van der Waals surface area contributed by atoms with E-state index in [1.807, 2.05) is 11.8 Å². The smallest absolute Gasteiger partial charge is 0.304 e. The Morgan fingerprint density at radius 2 is 2.21 bits per heavy atom. The Kier molecular flexibility index (Phi) is 7.30. The average molecular weight is 275 g/mol. The molecule has 0 aromatic rings. The molecular formula is C13H25NO5. The van der Waals surface area contributed by atoms with Gasteiger partial charge in [0, 0.05) is 19.7 Å². The van der Waals surface area contributed by atoms with Crippen LogP contribution in [-0.4, -0.2) is 72.7 Å². The maximum Gasteiger partial charge on any atom is 0.304 e. The zero-order chi connectivity index (χ0) is 14.3. The molecule has 0 aromatic heterocycles. The van der Waals surface area contributed by atoms with Gasteiger partial charge in [-0.05, 0) is 26.3 Å². The molecule has 6 heteroatoms. The molecule has 0 aliphatic carbocycles. The molecule has 19 heavy (non-hydrogen) atoms. The van der Waals surface area contributed by atoms with Crippen LogP contribution < -0.4 is 0 Å². The Bertz CT molecular complexity index is 274. The van der Waals surface area contributed by atoms with Crippen molar-refractivity contribution in [1.29, 1.82) is 0 Å². The van der Waals surface area contributed by atoms with E-state index in [4.69, 9.17) is 14.6 Å². The maximum absolute atomic E-state index is 10.7. The molecule has 1 fully saturated rings. The Morgan fingerprint density at radius 1 is 1.47 bits per heavy atom. The minimum atomic E-state index is -0.781. The Balaban J connectivity index is 2.26. The van der Waals surface area contributed by atoms with Crippen molar-refractivity contribution in [1.82, 2.24) is 4.90 Å². The highest BCUT2D eigenvalue weighted by Crippen LogP contribution is 2.20. The third-order valence-electron chi connectivity index (χ3n) is 3.33. The molecule has 112 valence electrons. The average Bonchev–Trinajstić information content (AvgIpc) is 2.73. The molecule has 1 rings (SSSR count). The number of likely N-dealkylation sites (tertiary alicyclic amines) is 1. The summed E-state index contributed by atoms with van der Waals surface area (Å²) in [5.41, 5.74) is 0. The molecule has 6 nitrogen and oxygen atoms in total. The summed E-state index contributed by atoms with van der Waals surface area (Å²) >= 11 is 0. The van der Waals surface area contributed by atoms with Crippen LogP contribution in [0.2, 0.25) is 0 Å². The van der Waals surface area contributed by atoms with Crippen LogP contribution in [0.3, 0.4) is 0 Å². The van der Waals surface area contributed by atoms with E-state index in [-0.39, 0.29) is 25.2 Å². The zero-order valence-electron chi connectivity index (χ0n) is 11.7. The highest BCUT2D eigenvalue weighted by Gasteiger charge is 2.28. The quantitative estimate of drug-likeness (QED) is 0.631. The molecule has 1 aliphatic heterocycles. The van der Waals surface area contributed by atoms with E-state index in [2.05, 4.69) is 0 Å². The molecule has 0 saturated carbocycles. The first-order valence-electron chi connectivity index (χ1n) is 6.77. The van der Waals surface area contributed by atoms with Gasteiger partial charge in [0.2, 0.25) is 0 Å². The van der Waals surface area contributed by atoms with Gasteiger partial charge in [0.1, 0.15) is 0 Å². The second-order valence-electron chi connectivity index (χ2n) is 5.14. The highest BCUT2D eigenvalue weighted by atomic mass is 16.5. The highest BCUT2D eigenvalue weighted by molar-refractivity contribution is 5.67. The Morgan fingerprint density at radius 3 is 2.84 bits per heavy atom. The van der Waals surface area contributed by atoms with Gasteiger partial charge >= 0.3 is 5.97 Å². The lowest BCUT2D eigenvalue weighted by Gasteiger charge is -2.26. The monoisotopic (exact) mass is 275 g/mol. The first kappa shape index (κ1) is 16.4. The number of rotatable bonds is 9. The van der Waals surface area contributed by atoms with Gasteiger partial charge in [-0.15, -0.1) is 0 Å². The van der Waals surface area contributed by atoms with Crippen LogP contribution in [0, 0.1) is 0 Å². The molecule has 3 atom stereocenters. The summed E-state index contributed by atoms with van der Waals surface area (Å²) in [5.74, 6) is -0.781. The van der Waals surface area contributed by atoms with E-state index in [0.29, 0.717) is 13.2 Å². The number of aliphatic hydroxyl groups is 1. The van der Waals surface area contributed by atoms with Crippen LogP contribution in [0.5, 0.6) is 0 Å². The van der Waals surface area contributed by atoms with Gasteiger partial charge in [0.15, 0.2) is 0 Å². The van der Waals surface area contributed by atoms with Crippen molar-refractivity contribution in [2.75, 3.05) is 33.4 Å². The van der Waals surface area contributed by atoms with E-state index in [0.717, 1.165) is 19.4 Å². The first-order chi connectivity index (χ1) is 9.02. The van der Waals surface area contributed by atoms with Crippen molar-refractivity contribution >= 4 is 5.97 Å². The minimum absolute atomic E-state index is 0.0450. The third-order valence-corrected chi connectivity index (χ3v) is 3.33.